The van der Waals surface area contributed by atoms with E-state index in [9.17, 15) is 17.6 Å². The summed E-state index contributed by atoms with van der Waals surface area (Å²) in [6.07, 6.45) is 1.25. The summed E-state index contributed by atoms with van der Waals surface area (Å²) in [6.45, 7) is 2.00. The molecule has 0 aliphatic carbocycles. The van der Waals surface area contributed by atoms with Crippen molar-refractivity contribution in [1.82, 2.24) is 10.3 Å². The van der Waals surface area contributed by atoms with Crippen LogP contribution in [0.3, 0.4) is 0 Å². The van der Waals surface area contributed by atoms with Gasteiger partial charge in [-0.05, 0) is 48.2 Å². The molecule has 0 aliphatic heterocycles. The maximum Gasteiger partial charge on any atom is 0.380 e. The number of aryl methyl sites for hydroxylation is 1. The van der Waals surface area contributed by atoms with E-state index >= 15 is 0 Å². The van der Waals surface area contributed by atoms with E-state index in [1.54, 1.807) is 24.3 Å². The van der Waals surface area contributed by atoms with Crippen molar-refractivity contribution >= 4 is 27.5 Å². The molecular formula is C21H22FN3O4S2. The van der Waals surface area contributed by atoms with Crippen molar-refractivity contribution in [2.45, 2.75) is 32.2 Å². The lowest BCUT2D eigenvalue weighted by Crippen LogP contribution is -2.31. The number of aromatic nitrogens is 1. The maximum atomic E-state index is 13.4. The highest BCUT2D eigenvalue weighted by molar-refractivity contribution is 7.84. The molecule has 0 bridgehead atoms. The Morgan fingerprint density at radius 3 is 2.58 bits per heavy atom. The number of nitrogens with one attached hydrogen (secondary N) is 1. The molecule has 1 amide bonds. The van der Waals surface area contributed by atoms with E-state index in [2.05, 4.69) is 14.5 Å². The largest absolute Gasteiger partial charge is 0.380 e. The van der Waals surface area contributed by atoms with Crippen LogP contribution in [0.5, 0.6) is 5.75 Å². The van der Waals surface area contributed by atoms with Crippen LogP contribution in [-0.2, 0) is 34.4 Å². The quantitative estimate of drug-likeness (QED) is 0.507. The van der Waals surface area contributed by atoms with Gasteiger partial charge in [-0.25, -0.2) is 9.37 Å². The number of carbonyl (C=O) groups excluding carboxylic acids is 1. The van der Waals surface area contributed by atoms with Crippen molar-refractivity contribution in [2.24, 2.45) is 5.14 Å². The molecule has 1 atom stereocenters. The molecule has 3 rings (SSSR count). The van der Waals surface area contributed by atoms with Crippen molar-refractivity contribution in [1.29, 1.82) is 0 Å². The number of carbonyl (C=O) groups is 1. The summed E-state index contributed by atoms with van der Waals surface area (Å²) in [7, 11) is -4.10. The number of benzene rings is 2. The zero-order valence-corrected chi connectivity index (χ0v) is 18.4. The van der Waals surface area contributed by atoms with Crippen LogP contribution in [0, 0.1) is 5.82 Å². The van der Waals surface area contributed by atoms with Crippen molar-refractivity contribution in [3.05, 3.63) is 81.6 Å². The van der Waals surface area contributed by atoms with Gasteiger partial charge in [0.05, 0.1) is 18.2 Å². The van der Waals surface area contributed by atoms with Gasteiger partial charge in [-0.1, -0.05) is 31.2 Å². The van der Waals surface area contributed by atoms with E-state index in [1.807, 2.05) is 12.3 Å². The molecule has 7 nitrogen and oxygen atoms in total. The van der Waals surface area contributed by atoms with Crippen molar-refractivity contribution in [2.75, 3.05) is 0 Å². The highest BCUT2D eigenvalue weighted by Gasteiger charge is 2.19. The molecule has 3 N–H and O–H groups in total. The fraction of sp³-hybridized carbons (Fsp3) is 0.238. The molecule has 0 spiro atoms. The number of thiazole rings is 1. The Labute approximate surface area is 184 Å². The van der Waals surface area contributed by atoms with E-state index in [-0.39, 0.29) is 18.1 Å². The van der Waals surface area contributed by atoms with Gasteiger partial charge in [-0.3, -0.25) is 4.79 Å². The van der Waals surface area contributed by atoms with Crippen LogP contribution in [-0.4, -0.2) is 19.3 Å². The number of amides is 1. The molecule has 3 aromatic rings. The summed E-state index contributed by atoms with van der Waals surface area (Å²) >= 11 is 1.46. The van der Waals surface area contributed by atoms with Crippen LogP contribution in [0.2, 0.25) is 0 Å². The molecule has 0 saturated carbocycles. The first-order chi connectivity index (χ1) is 14.7. The first-order valence-electron chi connectivity index (χ1n) is 9.51. The fourth-order valence-electron chi connectivity index (χ4n) is 2.97. The molecule has 0 aliphatic rings. The van der Waals surface area contributed by atoms with E-state index in [1.165, 1.54) is 35.6 Å². The second-order valence-corrected chi connectivity index (χ2v) is 8.92. The van der Waals surface area contributed by atoms with Crippen LogP contribution >= 0.6 is 11.3 Å². The predicted molar refractivity (Wildman–Crippen MR) is 116 cm³/mol. The second kappa shape index (κ2) is 9.99. The third kappa shape index (κ3) is 7.12. The van der Waals surface area contributed by atoms with E-state index < -0.39 is 22.2 Å². The third-order valence-corrected chi connectivity index (χ3v) is 5.83. The molecule has 164 valence electrons. The Bertz CT molecular complexity index is 1150. The summed E-state index contributed by atoms with van der Waals surface area (Å²) in [6, 6.07) is 11.9. The molecule has 31 heavy (non-hydrogen) atoms. The zero-order valence-electron chi connectivity index (χ0n) is 16.7. The lowest BCUT2D eigenvalue weighted by molar-refractivity contribution is -0.121. The summed E-state index contributed by atoms with van der Waals surface area (Å²) in [5.74, 6) is -0.547. The van der Waals surface area contributed by atoms with Gasteiger partial charge in [0.15, 0.2) is 0 Å². The Morgan fingerprint density at radius 2 is 1.97 bits per heavy atom. The van der Waals surface area contributed by atoms with Crippen molar-refractivity contribution < 1.29 is 21.8 Å². The minimum absolute atomic E-state index is 0.0431. The number of halogens is 1. The minimum atomic E-state index is -4.10. The molecule has 0 fully saturated rings. The number of nitrogens with zero attached hydrogens (tertiary/aromatic N) is 1. The van der Waals surface area contributed by atoms with Crippen LogP contribution in [0.25, 0.3) is 0 Å². The number of hydrogen-bond acceptors (Lipinski definition) is 6. The molecule has 0 saturated heterocycles. The zero-order chi connectivity index (χ0) is 22.4. The highest BCUT2D eigenvalue weighted by atomic mass is 32.2. The smallest absolute Gasteiger partial charge is 0.371 e. The average molecular weight is 464 g/mol. The van der Waals surface area contributed by atoms with E-state index in [4.69, 9.17) is 5.14 Å². The molecular weight excluding hydrogens is 441 g/mol. The van der Waals surface area contributed by atoms with Gasteiger partial charge in [0.2, 0.25) is 5.91 Å². The molecule has 10 heteroatoms. The Balaban J connectivity index is 1.75. The van der Waals surface area contributed by atoms with Gasteiger partial charge in [0.1, 0.15) is 16.6 Å². The summed E-state index contributed by atoms with van der Waals surface area (Å²) < 4.78 is 40.2. The average Bonchev–Trinajstić information content (AvgIpc) is 3.17. The van der Waals surface area contributed by atoms with E-state index in [0.29, 0.717) is 12.0 Å². The molecule has 0 radical (unpaired) electrons. The second-order valence-electron chi connectivity index (χ2n) is 6.88. The normalized spacial score (nSPS) is 12.4. The topological polar surface area (TPSA) is 111 Å². The Hall–Kier alpha value is -2.82. The predicted octanol–water partition coefficient (Wildman–Crippen LogP) is 3.07. The Kier molecular flexibility index (Phi) is 7.37. The van der Waals surface area contributed by atoms with Gasteiger partial charge in [-0.2, -0.15) is 13.6 Å². The third-order valence-electron chi connectivity index (χ3n) is 4.39. The fourth-order valence-corrected chi connectivity index (χ4v) is 4.31. The Morgan fingerprint density at radius 1 is 1.23 bits per heavy atom. The van der Waals surface area contributed by atoms with Gasteiger partial charge >= 0.3 is 10.3 Å². The van der Waals surface area contributed by atoms with Crippen LogP contribution in [0.4, 0.5) is 4.39 Å². The minimum Gasteiger partial charge on any atom is -0.371 e. The molecule has 1 heterocycles. The summed E-state index contributed by atoms with van der Waals surface area (Å²) in [4.78, 5) is 17.2. The van der Waals surface area contributed by atoms with Gasteiger partial charge in [0.25, 0.3) is 0 Å². The highest BCUT2D eigenvalue weighted by Crippen LogP contribution is 2.24. The van der Waals surface area contributed by atoms with Crippen LogP contribution < -0.4 is 14.6 Å². The van der Waals surface area contributed by atoms with Crippen LogP contribution in [0.15, 0.2) is 53.9 Å². The van der Waals surface area contributed by atoms with Crippen molar-refractivity contribution in [3.63, 3.8) is 0 Å². The maximum absolute atomic E-state index is 13.4. The monoisotopic (exact) mass is 463 g/mol. The SMILES string of the molecule is CCc1csc([C@H](Cc2ccc(OS(N)(=O)=O)cc2)NC(=O)Cc2cccc(F)c2)n1. The summed E-state index contributed by atoms with van der Waals surface area (Å²) in [5, 5.41) is 10.6. The molecule has 0 unspecified atom stereocenters. The van der Waals surface area contributed by atoms with Crippen molar-refractivity contribution in [3.8, 4) is 5.75 Å². The number of rotatable bonds is 9. The van der Waals surface area contributed by atoms with Gasteiger partial charge in [0, 0.05) is 5.38 Å². The van der Waals surface area contributed by atoms with Gasteiger partial charge in [-0.15, -0.1) is 11.3 Å². The first kappa shape index (κ1) is 22.9. The van der Waals surface area contributed by atoms with Crippen LogP contribution in [0.1, 0.15) is 34.8 Å². The number of nitrogens with two attached hydrogens (primary N) is 1. The van der Waals surface area contributed by atoms with Gasteiger partial charge < -0.3 is 9.50 Å². The number of hydrogen-bond donors (Lipinski definition) is 2. The first-order valence-corrected chi connectivity index (χ1v) is 11.9. The lowest BCUT2D eigenvalue weighted by Gasteiger charge is -2.17. The lowest BCUT2D eigenvalue weighted by atomic mass is 10.1. The molecule has 2 aromatic carbocycles. The van der Waals surface area contributed by atoms with E-state index in [0.717, 1.165) is 22.7 Å². The summed E-state index contributed by atoms with van der Waals surface area (Å²) in [5.41, 5.74) is 2.35. The molecule has 1 aromatic heterocycles. The standard InChI is InChI=1S/C21H22FN3O4S2/c1-2-17-13-30-21(24-17)19(25-20(26)12-15-4-3-5-16(22)10-15)11-14-6-8-18(9-7-14)29-31(23,27)28/h3-10,13,19H,2,11-12H2,1H3,(H,25,26)(H2,23,27,28)/t19-/m0/s1.